The third-order valence-corrected chi connectivity index (χ3v) is 3.04. The van der Waals surface area contributed by atoms with E-state index >= 15 is 0 Å². The fraction of sp³-hybridized carbons (Fsp3) is 0.400. The number of fused-ring (bicyclic) bond motifs is 1. The highest BCUT2D eigenvalue weighted by Crippen LogP contribution is 2.19. The van der Waals surface area contributed by atoms with E-state index in [4.69, 9.17) is 0 Å². The molecule has 0 aliphatic heterocycles. The van der Waals surface area contributed by atoms with Crippen LogP contribution in [-0.2, 0) is 6.42 Å². The zero-order valence-electron chi connectivity index (χ0n) is 10.2. The summed E-state index contributed by atoms with van der Waals surface area (Å²) in [5, 5.41) is 1.32. The highest BCUT2D eigenvalue weighted by molar-refractivity contribution is 5.82. The second kappa shape index (κ2) is 5.11. The van der Waals surface area contributed by atoms with Crippen molar-refractivity contribution >= 4 is 10.9 Å². The van der Waals surface area contributed by atoms with Crippen LogP contribution in [-0.4, -0.2) is 4.98 Å². The Balaban J connectivity index is 2.30. The van der Waals surface area contributed by atoms with Crippen molar-refractivity contribution in [3.8, 4) is 0 Å². The predicted molar refractivity (Wildman–Crippen MR) is 69.7 cm³/mol. The van der Waals surface area contributed by atoms with Gasteiger partial charge in [0.25, 0.3) is 0 Å². The molecule has 0 unspecified atom stereocenters. The van der Waals surface area contributed by atoms with Crippen molar-refractivity contribution < 1.29 is 0 Å². The summed E-state index contributed by atoms with van der Waals surface area (Å²) in [6.07, 6.45) is 6.99. The molecule has 0 atom stereocenters. The number of aryl methyl sites for hydroxylation is 2. The number of aromatic nitrogens is 1. The zero-order chi connectivity index (χ0) is 11.4. The van der Waals surface area contributed by atoms with Crippen molar-refractivity contribution in [3.63, 3.8) is 0 Å². The van der Waals surface area contributed by atoms with Gasteiger partial charge in [-0.2, -0.15) is 0 Å². The van der Waals surface area contributed by atoms with Crippen molar-refractivity contribution in [1.82, 2.24) is 4.98 Å². The minimum Gasteiger partial charge on any atom is -0.256 e. The first kappa shape index (κ1) is 11.1. The van der Waals surface area contributed by atoms with Gasteiger partial charge < -0.3 is 0 Å². The number of benzene rings is 1. The van der Waals surface area contributed by atoms with Gasteiger partial charge in [0.1, 0.15) is 0 Å². The van der Waals surface area contributed by atoms with Crippen LogP contribution in [0.15, 0.2) is 30.5 Å². The van der Waals surface area contributed by atoms with E-state index < -0.39 is 0 Å². The Morgan fingerprint density at radius 2 is 2.00 bits per heavy atom. The summed E-state index contributed by atoms with van der Waals surface area (Å²) in [6.45, 7) is 4.36. The minimum atomic E-state index is 1.13. The molecule has 0 radical (unpaired) electrons. The molecule has 0 aliphatic rings. The summed E-state index contributed by atoms with van der Waals surface area (Å²) in [4.78, 5) is 4.43. The lowest BCUT2D eigenvalue weighted by Crippen LogP contribution is -1.90. The molecule has 0 saturated heterocycles. The molecule has 0 bridgehead atoms. The van der Waals surface area contributed by atoms with Gasteiger partial charge in [-0.3, -0.25) is 4.98 Å². The smallest absolute Gasteiger partial charge is 0.0707 e. The molecule has 1 heterocycles. The van der Waals surface area contributed by atoms with Gasteiger partial charge in [0.05, 0.1) is 5.52 Å². The normalized spacial score (nSPS) is 10.9. The molecule has 2 aromatic rings. The number of hydrogen-bond acceptors (Lipinski definition) is 1. The summed E-state index contributed by atoms with van der Waals surface area (Å²) in [7, 11) is 0. The van der Waals surface area contributed by atoms with Crippen LogP contribution in [0.2, 0.25) is 0 Å². The van der Waals surface area contributed by atoms with E-state index in [0.717, 1.165) is 5.52 Å². The maximum Gasteiger partial charge on any atom is 0.0707 e. The van der Waals surface area contributed by atoms with Gasteiger partial charge in [-0.1, -0.05) is 31.9 Å². The Morgan fingerprint density at radius 3 is 2.81 bits per heavy atom. The van der Waals surface area contributed by atoms with Crippen LogP contribution in [0.25, 0.3) is 10.9 Å². The van der Waals surface area contributed by atoms with Crippen LogP contribution >= 0.6 is 0 Å². The standard InChI is InChI=1S/C15H19N/c1-3-4-5-6-13-9-10-16-15-11-12(2)7-8-14(13)15/h7-11H,3-6H2,1-2H3. The van der Waals surface area contributed by atoms with E-state index in [-0.39, 0.29) is 0 Å². The molecule has 84 valence electrons. The second-order valence-corrected chi connectivity index (χ2v) is 4.45. The minimum absolute atomic E-state index is 1.13. The number of hydrogen-bond donors (Lipinski definition) is 0. The van der Waals surface area contributed by atoms with Gasteiger partial charge in [0, 0.05) is 11.6 Å². The summed E-state index contributed by atoms with van der Waals surface area (Å²) in [6, 6.07) is 8.71. The lowest BCUT2D eigenvalue weighted by Gasteiger charge is -2.06. The Labute approximate surface area is 97.5 Å². The number of nitrogens with zero attached hydrogens (tertiary/aromatic N) is 1. The van der Waals surface area contributed by atoms with E-state index in [0.29, 0.717) is 0 Å². The number of pyridine rings is 1. The highest BCUT2D eigenvalue weighted by atomic mass is 14.6. The summed E-state index contributed by atoms with van der Waals surface area (Å²) >= 11 is 0. The van der Waals surface area contributed by atoms with E-state index in [1.165, 1.54) is 42.2 Å². The molecule has 16 heavy (non-hydrogen) atoms. The average molecular weight is 213 g/mol. The molecule has 2 rings (SSSR count). The maximum absolute atomic E-state index is 4.43. The molecule has 0 saturated carbocycles. The zero-order valence-corrected chi connectivity index (χ0v) is 10.2. The van der Waals surface area contributed by atoms with Crippen molar-refractivity contribution in [2.24, 2.45) is 0 Å². The van der Waals surface area contributed by atoms with Crippen LogP contribution in [0, 0.1) is 6.92 Å². The Hall–Kier alpha value is -1.37. The third-order valence-electron chi connectivity index (χ3n) is 3.04. The monoisotopic (exact) mass is 213 g/mol. The van der Waals surface area contributed by atoms with Gasteiger partial charge in [-0.05, 0) is 43.0 Å². The summed E-state index contributed by atoms with van der Waals surface area (Å²) in [5.41, 5.74) is 3.86. The summed E-state index contributed by atoms with van der Waals surface area (Å²) < 4.78 is 0. The molecule has 1 aromatic carbocycles. The Bertz CT molecular complexity index is 474. The predicted octanol–water partition coefficient (Wildman–Crippen LogP) is 4.28. The van der Waals surface area contributed by atoms with Crippen molar-refractivity contribution in [1.29, 1.82) is 0 Å². The van der Waals surface area contributed by atoms with Gasteiger partial charge in [-0.25, -0.2) is 0 Å². The van der Waals surface area contributed by atoms with Crippen LogP contribution < -0.4 is 0 Å². The highest BCUT2D eigenvalue weighted by Gasteiger charge is 2.01. The van der Waals surface area contributed by atoms with Crippen molar-refractivity contribution in [2.45, 2.75) is 39.5 Å². The van der Waals surface area contributed by atoms with Gasteiger partial charge >= 0.3 is 0 Å². The second-order valence-electron chi connectivity index (χ2n) is 4.45. The quantitative estimate of drug-likeness (QED) is 0.691. The lowest BCUT2D eigenvalue weighted by atomic mass is 10.0. The first-order valence-electron chi connectivity index (χ1n) is 6.15. The Kier molecular flexibility index (Phi) is 3.55. The molecule has 0 spiro atoms. The maximum atomic E-state index is 4.43. The largest absolute Gasteiger partial charge is 0.256 e. The van der Waals surface area contributed by atoms with Crippen LogP contribution in [0.3, 0.4) is 0 Å². The van der Waals surface area contributed by atoms with Crippen LogP contribution in [0.4, 0.5) is 0 Å². The summed E-state index contributed by atoms with van der Waals surface area (Å²) in [5.74, 6) is 0. The van der Waals surface area contributed by atoms with Crippen LogP contribution in [0.1, 0.15) is 37.3 Å². The molecule has 1 nitrogen and oxygen atoms in total. The molecule has 1 heteroatoms. The van der Waals surface area contributed by atoms with E-state index in [1.807, 2.05) is 6.20 Å². The van der Waals surface area contributed by atoms with E-state index in [9.17, 15) is 0 Å². The fourth-order valence-corrected chi connectivity index (χ4v) is 2.10. The van der Waals surface area contributed by atoms with Crippen molar-refractivity contribution in [3.05, 3.63) is 41.6 Å². The van der Waals surface area contributed by atoms with Gasteiger partial charge in [-0.15, -0.1) is 0 Å². The first-order valence-corrected chi connectivity index (χ1v) is 6.15. The lowest BCUT2D eigenvalue weighted by molar-refractivity contribution is 0.719. The van der Waals surface area contributed by atoms with Crippen LogP contribution in [0.5, 0.6) is 0 Å². The van der Waals surface area contributed by atoms with Crippen molar-refractivity contribution in [2.75, 3.05) is 0 Å². The van der Waals surface area contributed by atoms with E-state index in [1.54, 1.807) is 0 Å². The molecule has 0 amide bonds. The van der Waals surface area contributed by atoms with Gasteiger partial charge in [0.2, 0.25) is 0 Å². The molecule has 1 aromatic heterocycles. The SMILES string of the molecule is CCCCCc1ccnc2cc(C)ccc12. The fourth-order valence-electron chi connectivity index (χ4n) is 2.10. The molecular formula is C15H19N. The Morgan fingerprint density at radius 1 is 1.12 bits per heavy atom. The van der Waals surface area contributed by atoms with E-state index in [2.05, 4.69) is 43.1 Å². The molecular weight excluding hydrogens is 194 g/mol. The topological polar surface area (TPSA) is 12.9 Å². The third kappa shape index (κ3) is 2.41. The average Bonchev–Trinajstić information content (AvgIpc) is 2.29. The molecule has 0 N–H and O–H groups in total. The van der Waals surface area contributed by atoms with Gasteiger partial charge in [0.15, 0.2) is 0 Å². The first-order chi connectivity index (χ1) is 7.81. The number of rotatable bonds is 4. The number of unbranched alkanes of at least 4 members (excludes halogenated alkanes) is 2. The molecule has 0 aliphatic carbocycles. The molecule has 0 fully saturated rings.